The van der Waals surface area contributed by atoms with Crippen molar-refractivity contribution in [2.45, 2.75) is 0 Å². The Kier molecular flexibility index (Phi) is 3.21. The zero-order valence-electron chi connectivity index (χ0n) is 7.77. The number of nitriles is 2. The number of carbonyl (C=O) groups is 1. The quantitative estimate of drug-likeness (QED) is 0.565. The van der Waals surface area contributed by atoms with Crippen LogP contribution in [0.5, 0.6) is 0 Å². The van der Waals surface area contributed by atoms with Crippen LogP contribution in [0.25, 0.3) is 6.08 Å². The lowest BCUT2D eigenvalue weighted by Crippen LogP contribution is -2.12. The fraction of sp³-hybridized carbons (Fsp3) is 0. The molecule has 72 valence electrons. The largest absolute Gasteiger partial charge is 0.365 e. The van der Waals surface area contributed by atoms with Crippen molar-refractivity contribution in [2.75, 3.05) is 0 Å². The van der Waals surface area contributed by atoms with Crippen LogP contribution in [-0.4, -0.2) is 5.91 Å². The van der Waals surface area contributed by atoms with Gasteiger partial charge in [0.2, 0.25) is 0 Å². The first-order valence-electron chi connectivity index (χ1n) is 4.09. The maximum atomic E-state index is 10.7. The molecule has 0 unspecified atom stereocenters. The van der Waals surface area contributed by atoms with E-state index < -0.39 is 5.91 Å². The Morgan fingerprint density at radius 1 is 1.27 bits per heavy atom. The van der Waals surface area contributed by atoms with E-state index in [0.717, 1.165) is 0 Å². The Morgan fingerprint density at radius 2 is 1.87 bits per heavy atom. The van der Waals surface area contributed by atoms with Crippen molar-refractivity contribution >= 4 is 12.0 Å². The van der Waals surface area contributed by atoms with Gasteiger partial charge in [-0.1, -0.05) is 12.1 Å². The van der Waals surface area contributed by atoms with E-state index in [2.05, 4.69) is 0 Å². The van der Waals surface area contributed by atoms with Gasteiger partial charge in [-0.05, 0) is 23.8 Å². The molecular weight excluding hydrogens is 190 g/mol. The molecule has 0 saturated heterocycles. The van der Waals surface area contributed by atoms with E-state index in [1.54, 1.807) is 30.3 Å². The summed E-state index contributed by atoms with van der Waals surface area (Å²) in [5.74, 6) is -0.762. The highest BCUT2D eigenvalue weighted by Crippen LogP contribution is 2.08. The van der Waals surface area contributed by atoms with E-state index in [-0.39, 0.29) is 5.57 Å². The number of carbonyl (C=O) groups excluding carboxylic acids is 1. The summed E-state index contributed by atoms with van der Waals surface area (Å²) >= 11 is 0. The summed E-state index contributed by atoms with van der Waals surface area (Å²) < 4.78 is 0. The van der Waals surface area contributed by atoms with E-state index in [4.69, 9.17) is 16.3 Å². The molecule has 0 atom stereocenters. The molecule has 0 bridgehead atoms. The molecule has 0 fully saturated rings. The summed E-state index contributed by atoms with van der Waals surface area (Å²) in [6, 6.07) is 10.1. The van der Waals surface area contributed by atoms with Crippen molar-refractivity contribution in [2.24, 2.45) is 5.73 Å². The van der Waals surface area contributed by atoms with Crippen molar-refractivity contribution in [1.29, 1.82) is 10.5 Å². The zero-order chi connectivity index (χ0) is 11.3. The van der Waals surface area contributed by atoms with Crippen LogP contribution in [0, 0.1) is 22.7 Å². The number of rotatable bonds is 2. The van der Waals surface area contributed by atoms with Gasteiger partial charge in [-0.3, -0.25) is 4.79 Å². The first kappa shape index (κ1) is 10.5. The summed E-state index contributed by atoms with van der Waals surface area (Å²) in [5, 5.41) is 17.1. The standard InChI is InChI=1S/C11H7N3O/c12-6-9-3-1-8(2-4-9)5-10(7-13)11(14)15/h1-5H,(H2,14,15)/b10-5+. The van der Waals surface area contributed by atoms with Crippen molar-refractivity contribution < 1.29 is 4.79 Å². The lowest BCUT2D eigenvalue weighted by atomic mass is 10.1. The van der Waals surface area contributed by atoms with E-state index in [1.165, 1.54) is 6.08 Å². The average molecular weight is 197 g/mol. The SMILES string of the molecule is N#C/C(=C\c1ccc(C#N)cc1)C(N)=O. The van der Waals surface area contributed by atoms with E-state index >= 15 is 0 Å². The second-order valence-electron chi connectivity index (χ2n) is 2.77. The van der Waals surface area contributed by atoms with Crippen LogP contribution in [0.1, 0.15) is 11.1 Å². The molecule has 1 aromatic rings. The molecular formula is C11H7N3O. The number of benzene rings is 1. The zero-order valence-corrected chi connectivity index (χ0v) is 7.77. The monoisotopic (exact) mass is 197 g/mol. The van der Waals surface area contributed by atoms with Crippen LogP contribution in [-0.2, 0) is 4.79 Å². The lowest BCUT2D eigenvalue weighted by molar-refractivity contribution is -0.114. The van der Waals surface area contributed by atoms with E-state index in [0.29, 0.717) is 11.1 Å². The van der Waals surface area contributed by atoms with Gasteiger partial charge in [0.15, 0.2) is 0 Å². The third-order valence-corrected chi connectivity index (χ3v) is 1.74. The summed E-state index contributed by atoms with van der Waals surface area (Å²) in [5.41, 5.74) is 6.03. The van der Waals surface area contributed by atoms with E-state index in [9.17, 15) is 4.79 Å². The van der Waals surface area contributed by atoms with Gasteiger partial charge in [0.05, 0.1) is 11.6 Å². The second-order valence-corrected chi connectivity index (χ2v) is 2.77. The molecule has 4 heteroatoms. The average Bonchev–Trinajstić information content (AvgIpc) is 2.26. The van der Waals surface area contributed by atoms with Gasteiger partial charge in [-0.15, -0.1) is 0 Å². The number of hydrogen-bond donors (Lipinski definition) is 1. The van der Waals surface area contributed by atoms with Gasteiger partial charge in [0.1, 0.15) is 11.6 Å². The number of primary amides is 1. The van der Waals surface area contributed by atoms with Gasteiger partial charge in [0, 0.05) is 0 Å². The molecule has 0 aromatic heterocycles. The molecule has 1 aromatic carbocycles. The van der Waals surface area contributed by atoms with Crippen molar-refractivity contribution in [1.82, 2.24) is 0 Å². The minimum Gasteiger partial charge on any atom is -0.365 e. The van der Waals surface area contributed by atoms with Crippen LogP contribution in [0.3, 0.4) is 0 Å². The Balaban J connectivity index is 3.05. The fourth-order valence-electron chi connectivity index (χ4n) is 0.979. The topological polar surface area (TPSA) is 90.7 Å². The Hall–Kier alpha value is -2.59. The second kappa shape index (κ2) is 4.59. The maximum absolute atomic E-state index is 10.7. The third kappa shape index (κ3) is 2.68. The van der Waals surface area contributed by atoms with Crippen LogP contribution in [0.4, 0.5) is 0 Å². The molecule has 2 N–H and O–H groups in total. The van der Waals surface area contributed by atoms with Crippen molar-refractivity contribution in [3.8, 4) is 12.1 Å². The van der Waals surface area contributed by atoms with Gasteiger partial charge in [-0.2, -0.15) is 10.5 Å². The number of nitrogens with two attached hydrogens (primary N) is 1. The molecule has 1 rings (SSSR count). The normalized spacial score (nSPS) is 10.1. The minimum absolute atomic E-state index is 0.111. The van der Waals surface area contributed by atoms with Gasteiger partial charge in [-0.25, -0.2) is 0 Å². The van der Waals surface area contributed by atoms with Crippen molar-refractivity contribution in [3.63, 3.8) is 0 Å². The van der Waals surface area contributed by atoms with Crippen LogP contribution >= 0.6 is 0 Å². The highest BCUT2D eigenvalue weighted by Gasteiger charge is 2.02. The van der Waals surface area contributed by atoms with Crippen molar-refractivity contribution in [3.05, 3.63) is 41.0 Å². The molecule has 0 aliphatic carbocycles. The summed E-state index contributed by atoms with van der Waals surface area (Å²) in [7, 11) is 0. The third-order valence-electron chi connectivity index (χ3n) is 1.74. The van der Waals surface area contributed by atoms with Crippen LogP contribution in [0.2, 0.25) is 0 Å². The summed E-state index contributed by atoms with van der Waals surface area (Å²) in [4.78, 5) is 10.7. The molecule has 1 amide bonds. The fourth-order valence-corrected chi connectivity index (χ4v) is 0.979. The summed E-state index contributed by atoms with van der Waals surface area (Å²) in [6.07, 6.45) is 1.38. The molecule has 4 nitrogen and oxygen atoms in total. The van der Waals surface area contributed by atoms with E-state index in [1.807, 2.05) is 6.07 Å². The summed E-state index contributed by atoms with van der Waals surface area (Å²) in [6.45, 7) is 0. The highest BCUT2D eigenvalue weighted by molar-refractivity contribution is 6.00. The predicted octanol–water partition coefficient (Wildman–Crippen LogP) is 0.951. The molecule has 0 saturated carbocycles. The number of amides is 1. The molecule has 0 heterocycles. The first-order valence-corrected chi connectivity index (χ1v) is 4.09. The molecule has 0 radical (unpaired) electrons. The highest BCUT2D eigenvalue weighted by atomic mass is 16.1. The Morgan fingerprint density at radius 3 is 2.27 bits per heavy atom. The maximum Gasteiger partial charge on any atom is 0.259 e. The molecule has 0 spiro atoms. The lowest BCUT2D eigenvalue weighted by Gasteiger charge is -1.94. The van der Waals surface area contributed by atoms with Crippen LogP contribution in [0.15, 0.2) is 29.8 Å². The number of nitrogens with zero attached hydrogens (tertiary/aromatic N) is 2. The van der Waals surface area contributed by atoms with Crippen LogP contribution < -0.4 is 5.73 Å². The van der Waals surface area contributed by atoms with Gasteiger partial charge < -0.3 is 5.73 Å². The number of hydrogen-bond acceptors (Lipinski definition) is 3. The Labute approximate surface area is 86.9 Å². The van der Waals surface area contributed by atoms with Gasteiger partial charge >= 0.3 is 0 Å². The first-order chi connectivity index (χ1) is 7.17. The molecule has 0 aliphatic heterocycles. The molecule has 0 aliphatic rings. The van der Waals surface area contributed by atoms with Gasteiger partial charge in [0.25, 0.3) is 5.91 Å². The smallest absolute Gasteiger partial charge is 0.259 e. The Bertz CT molecular complexity index is 486. The predicted molar refractivity (Wildman–Crippen MR) is 53.9 cm³/mol. The molecule has 15 heavy (non-hydrogen) atoms. The minimum atomic E-state index is -0.762.